The van der Waals surface area contributed by atoms with E-state index in [0.717, 1.165) is 0 Å². The van der Waals surface area contributed by atoms with Crippen LogP contribution >= 0.6 is 0 Å². The van der Waals surface area contributed by atoms with Crippen LogP contribution < -0.4 is 14.8 Å². The maximum atomic E-state index is 12.9. The Labute approximate surface area is 134 Å². The molecular weight excluding hydrogens is 328 g/mol. The van der Waals surface area contributed by atoms with E-state index in [1.165, 1.54) is 30.5 Å². The van der Waals surface area contributed by atoms with Gasteiger partial charge in [-0.25, -0.2) is 4.79 Å². The van der Waals surface area contributed by atoms with Gasteiger partial charge in [-0.1, -0.05) is 0 Å². The molecule has 0 bridgehead atoms. The monoisotopic (exact) mass is 339 g/mol. The zero-order chi connectivity index (χ0) is 17.3. The predicted octanol–water partition coefficient (Wildman–Crippen LogP) is 2.71. The van der Waals surface area contributed by atoms with E-state index in [2.05, 4.69) is 14.8 Å². The SMILES string of the molecule is Cc1occc1C(=O)OCC(=O)Nc1ccc2c(c1)OC(F)(F)O2. The molecule has 1 aliphatic heterocycles. The predicted molar refractivity (Wildman–Crippen MR) is 75.0 cm³/mol. The Morgan fingerprint density at radius 1 is 1.21 bits per heavy atom. The fraction of sp³-hybridized carbons (Fsp3) is 0.200. The van der Waals surface area contributed by atoms with Gasteiger partial charge in [-0.2, -0.15) is 0 Å². The van der Waals surface area contributed by atoms with Crippen molar-refractivity contribution in [3.8, 4) is 11.5 Å². The zero-order valence-electron chi connectivity index (χ0n) is 12.3. The van der Waals surface area contributed by atoms with Crippen molar-refractivity contribution >= 4 is 17.6 Å². The fourth-order valence-electron chi connectivity index (χ4n) is 2.03. The van der Waals surface area contributed by atoms with Crippen LogP contribution in [0.25, 0.3) is 0 Å². The van der Waals surface area contributed by atoms with Crippen molar-refractivity contribution in [3.63, 3.8) is 0 Å². The number of anilines is 1. The van der Waals surface area contributed by atoms with Gasteiger partial charge in [-0.3, -0.25) is 4.79 Å². The van der Waals surface area contributed by atoms with Crippen LogP contribution in [0.4, 0.5) is 14.5 Å². The lowest BCUT2D eigenvalue weighted by atomic mass is 10.2. The van der Waals surface area contributed by atoms with Crippen LogP contribution in [-0.2, 0) is 9.53 Å². The largest absolute Gasteiger partial charge is 0.586 e. The number of hydrogen-bond acceptors (Lipinski definition) is 6. The van der Waals surface area contributed by atoms with E-state index in [9.17, 15) is 18.4 Å². The molecular formula is C15H11F2NO6. The number of alkyl halides is 2. The molecule has 1 aliphatic rings. The summed E-state index contributed by atoms with van der Waals surface area (Å²) < 4.78 is 44.1. The standard InChI is InChI=1S/C15H11F2NO6/c1-8-10(4-5-21-8)14(20)22-7-13(19)18-9-2-3-11-12(6-9)24-15(16,17)23-11/h2-6H,7H2,1H3,(H,18,19). The Kier molecular flexibility index (Phi) is 3.84. The number of furan rings is 1. The van der Waals surface area contributed by atoms with Gasteiger partial charge in [0.25, 0.3) is 5.91 Å². The van der Waals surface area contributed by atoms with Crippen LogP contribution in [0, 0.1) is 6.92 Å². The summed E-state index contributed by atoms with van der Waals surface area (Å²) in [7, 11) is 0. The molecule has 7 nitrogen and oxygen atoms in total. The minimum absolute atomic E-state index is 0.139. The molecule has 0 unspecified atom stereocenters. The second-order valence-electron chi connectivity index (χ2n) is 4.84. The molecule has 0 radical (unpaired) electrons. The summed E-state index contributed by atoms with van der Waals surface area (Å²) >= 11 is 0. The number of hydrogen-bond donors (Lipinski definition) is 1. The number of carbonyl (C=O) groups excluding carboxylic acids is 2. The molecule has 2 aromatic rings. The Bertz CT molecular complexity index is 801. The molecule has 0 aliphatic carbocycles. The highest BCUT2D eigenvalue weighted by molar-refractivity contribution is 5.96. The first-order chi connectivity index (χ1) is 11.3. The number of benzene rings is 1. The second kappa shape index (κ2) is 5.84. The van der Waals surface area contributed by atoms with Gasteiger partial charge >= 0.3 is 12.3 Å². The highest BCUT2D eigenvalue weighted by Gasteiger charge is 2.43. The van der Waals surface area contributed by atoms with E-state index in [1.807, 2.05) is 0 Å². The first kappa shape index (κ1) is 15.8. The fourth-order valence-corrected chi connectivity index (χ4v) is 2.03. The van der Waals surface area contributed by atoms with E-state index >= 15 is 0 Å². The van der Waals surface area contributed by atoms with Crippen molar-refractivity contribution in [2.75, 3.05) is 11.9 Å². The highest BCUT2D eigenvalue weighted by atomic mass is 19.3. The normalized spacial score (nSPS) is 14.3. The van der Waals surface area contributed by atoms with Gasteiger partial charge in [0.15, 0.2) is 18.1 Å². The number of nitrogens with one attached hydrogen (secondary N) is 1. The molecule has 24 heavy (non-hydrogen) atoms. The maximum absolute atomic E-state index is 12.9. The summed E-state index contributed by atoms with van der Waals surface area (Å²) in [6, 6.07) is 5.18. The van der Waals surface area contributed by atoms with E-state index < -0.39 is 24.8 Å². The van der Waals surface area contributed by atoms with Gasteiger partial charge in [0, 0.05) is 11.8 Å². The number of rotatable bonds is 4. The van der Waals surface area contributed by atoms with Crippen LogP contribution in [0.2, 0.25) is 0 Å². The second-order valence-corrected chi connectivity index (χ2v) is 4.84. The third kappa shape index (κ3) is 3.29. The number of carbonyl (C=O) groups is 2. The number of aryl methyl sites for hydroxylation is 1. The van der Waals surface area contributed by atoms with Gasteiger partial charge in [0.2, 0.25) is 0 Å². The zero-order valence-corrected chi connectivity index (χ0v) is 12.3. The first-order valence-electron chi connectivity index (χ1n) is 6.75. The Hall–Kier alpha value is -3.10. The third-order valence-corrected chi connectivity index (χ3v) is 3.10. The van der Waals surface area contributed by atoms with Gasteiger partial charge in [0.1, 0.15) is 11.3 Å². The van der Waals surface area contributed by atoms with E-state index in [1.54, 1.807) is 6.92 Å². The Morgan fingerprint density at radius 3 is 2.67 bits per heavy atom. The molecule has 0 saturated carbocycles. The smallest absolute Gasteiger partial charge is 0.469 e. The van der Waals surface area contributed by atoms with Gasteiger partial charge in [-0.15, -0.1) is 8.78 Å². The Balaban J connectivity index is 1.56. The molecule has 0 spiro atoms. The van der Waals surface area contributed by atoms with Crippen molar-refractivity contribution < 1.29 is 37.0 Å². The van der Waals surface area contributed by atoms with Gasteiger partial charge in [-0.05, 0) is 25.1 Å². The van der Waals surface area contributed by atoms with Crippen LogP contribution in [0.3, 0.4) is 0 Å². The summed E-state index contributed by atoms with van der Waals surface area (Å²) in [6.07, 6.45) is -2.41. The highest BCUT2D eigenvalue weighted by Crippen LogP contribution is 2.42. The third-order valence-electron chi connectivity index (χ3n) is 3.10. The molecule has 1 N–H and O–H groups in total. The number of amides is 1. The van der Waals surface area contributed by atoms with Crippen molar-refractivity contribution in [3.05, 3.63) is 41.9 Å². The summed E-state index contributed by atoms with van der Waals surface area (Å²) in [5, 5.41) is 2.39. The Morgan fingerprint density at radius 2 is 1.96 bits per heavy atom. The minimum atomic E-state index is -3.73. The molecule has 0 saturated heterocycles. The number of fused-ring (bicyclic) bond motifs is 1. The number of esters is 1. The summed E-state index contributed by atoms with van der Waals surface area (Å²) in [6.45, 7) is 1.03. The van der Waals surface area contributed by atoms with Crippen molar-refractivity contribution in [2.45, 2.75) is 13.2 Å². The van der Waals surface area contributed by atoms with Crippen molar-refractivity contribution in [2.24, 2.45) is 0 Å². The molecule has 1 aromatic carbocycles. The lowest BCUT2D eigenvalue weighted by Gasteiger charge is -2.07. The molecule has 9 heteroatoms. The van der Waals surface area contributed by atoms with Gasteiger partial charge < -0.3 is 23.9 Å². The lowest BCUT2D eigenvalue weighted by Crippen LogP contribution is -2.25. The molecule has 2 heterocycles. The number of ether oxygens (including phenoxy) is 3. The lowest BCUT2D eigenvalue weighted by molar-refractivity contribution is -0.286. The molecule has 0 atom stereocenters. The molecule has 126 valence electrons. The van der Waals surface area contributed by atoms with Crippen LogP contribution in [0.5, 0.6) is 11.5 Å². The summed E-state index contributed by atoms with van der Waals surface area (Å²) in [5.74, 6) is -1.32. The topological polar surface area (TPSA) is 87.0 Å². The van der Waals surface area contributed by atoms with Crippen LogP contribution in [-0.4, -0.2) is 24.8 Å². The number of halogens is 2. The average Bonchev–Trinajstić information content (AvgIpc) is 3.05. The van der Waals surface area contributed by atoms with E-state index in [-0.39, 0.29) is 22.7 Å². The van der Waals surface area contributed by atoms with Gasteiger partial charge in [0.05, 0.1) is 6.26 Å². The molecule has 1 aromatic heterocycles. The molecule has 1 amide bonds. The molecule has 0 fully saturated rings. The van der Waals surface area contributed by atoms with Crippen LogP contribution in [0.15, 0.2) is 34.9 Å². The first-order valence-corrected chi connectivity index (χ1v) is 6.75. The van der Waals surface area contributed by atoms with Crippen molar-refractivity contribution in [1.29, 1.82) is 0 Å². The van der Waals surface area contributed by atoms with Crippen LogP contribution in [0.1, 0.15) is 16.1 Å². The van der Waals surface area contributed by atoms with E-state index in [0.29, 0.717) is 5.76 Å². The summed E-state index contributed by atoms with van der Waals surface area (Å²) in [5.41, 5.74) is 0.406. The summed E-state index contributed by atoms with van der Waals surface area (Å²) in [4.78, 5) is 23.5. The average molecular weight is 339 g/mol. The quantitative estimate of drug-likeness (QED) is 0.862. The van der Waals surface area contributed by atoms with E-state index in [4.69, 9.17) is 9.15 Å². The molecule has 3 rings (SSSR count). The minimum Gasteiger partial charge on any atom is -0.469 e. The maximum Gasteiger partial charge on any atom is 0.586 e. The van der Waals surface area contributed by atoms with Crippen molar-refractivity contribution in [1.82, 2.24) is 0 Å².